The van der Waals surface area contributed by atoms with Crippen molar-refractivity contribution in [3.8, 4) is 11.3 Å². The predicted octanol–water partition coefficient (Wildman–Crippen LogP) is 4.23. The fraction of sp³-hybridized carbons (Fsp3) is 0.100. The van der Waals surface area contributed by atoms with Crippen LogP contribution in [-0.4, -0.2) is 10.9 Å². The number of hydrogen-bond donors (Lipinski definition) is 1. The first-order valence-electron chi connectivity index (χ1n) is 7.75. The minimum Gasteiger partial charge on any atom is -0.444 e. The summed E-state index contributed by atoms with van der Waals surface area (Å²) in [7, 11) is 0. The number of nitrogens with one attached hydrogen (secondary N) is 1. The first-order valence-corrected chi connectivity index (χ1v) is 7.75. The molecule has 3 rings (SSSR count). The number of oxazole rings is 1. The maximum atomic E-state index is 12.1. The van der Waals surface area contributed by atoms with Crippen molar-refractivity contribution in [3.05, 3.63) is 84.4 Å². The van der Waals surface area contributed by atoms with Gasteiger partial charge in [-0.05, 0) is 30.2 Å². The molecule has 0 radical (unpaired) electrons. The lowest BCUT2D eigenvalue weighted by atomic mass is 10.0. The molecule has 2 aromatic carbocycles. The van der Waals surface area contributed by atoms with Crippen LogP contribution < -0.4 is 5.32 Å². The summed E-state index contributed by atoms with van der Waals surface area (Å²) < 4.78 is 5.31. The lowest BCUT2D eigenvalue weighted by molar-refractivity contribution is -0.117. The van der Waals surface area contributed by atoms with Gasteiger partial charge in [-0.3, -0.25) is 4.79 Å². The van der Waals surface area contributed by atoms with Gasteiger partial charge in [0.15, 0.2) is 12.2 Å². The average Bonchev–Trinajstić information content (AvgIpc) is 3.16. The molecule has 120 valence electrons. The third-order valence-corrected chi connectivity index (χ3v) is 3.69. The number of nitrogens with zero attached hydrogens (tertiary/aromatic N) is 1. The Hall–Kier alpha value is -3.14. The molecular formula is C20H18N2O2. The van der Waals surface area contributed by atoms with Crippen LogP contribution in [0.5, 0.6) is 0 Å². The molecule has 1 amide bonds. The fourth-order valence-corrected chi connectivity index (χ4v) is 2.40. The number of carbonyl (C=O) groups excluding carboxylic acids is 1. The van der Waals surface area contributed by atoms with E-state index in [9.17, 15) is 4.79 Å². The van der Waals surface area contributed by atoms with Crippen molar-refractivity contribution in [2.45, 2.75) is 13.0 Å². The van der Waals surface area contributed by atoms with Crippen LogP contribution in [0.25, 0.3) is 17.4 Å². The van der Waals surface area contributed by atoms with Gasteiger partial charge in [-0.2, -0.15) is 0 Å². The Labute approximate surface area is 140 Å². The van der Waals surface area contributed by atoms with Gasteiger partial charge in [-0.15, -0.1) is 0 Å². The lowest BCUT2D eigenvalue weighted by Gasteiger charge is -2.13. The molecule has 1 N–H and O–H groups in total. The number of rotatable bonds is 5. The van der Waals surface area contributed by atoms with Gasteiger partial charge in [0, 0.05) is 11.6 Å². The Morgan fingerprint density at radius 3 is 2.75 bits per heavy atom. The van der Waals surface area contributed by atoms with Gasteiger partial charge in [-0.1, -0.05) is 48.5 Å². The summed E-state index contributed by atoms with van der Waals surface area (Å²) >= 11 is 0. The second kappa shape index (κ2) is 7.42. The first kappa shape index (κ1) is 15.7. The van der Waals surface area contributed by atoms with Crippen molar-refractivity contribution < 1.29 is 9.21 Å². The summed E-state index contributed by atoms with van der Waals surface area (Å²) in [5, 5.41) is 2.97. The number of hydrogen-bond acceptors (Lipinski definition) is 3. The van der Waals surface area contributed by atoms with E-state index in [0.717, 1.165) is 16.7 Å². The maximum Gasteiger partial charge on any atom is 0.244 e. The van der Waals surface area contributed by atoms with E-state index in [1.54, 1.807) is 18.3 Å². The molecule has 3 aromatic rings. The van der Waals surface area contributed by atoms with E-state index in [1.807, 2.05) is 61.5 Å². The van der Waals surface area contributed by atoms with Crippen LogP contribution in [0.1, 0.15) is 24.1 Å². The predicted molar refractivity (Wildman–Crippen MR) is 94.0 cm³/mol. The third-order valence-electron chi connectivity index (χ3n) is 3.69. The Morgan fingerprint density at radius 1 is 1.17 bits per heavy atom. The number of benzene rings is 2. The van der Waals surface area contributed by atoms with Gasteiger partial charge in [-0.25, -0.2) is 4.98 Å². The van der Waals surface area contributed by atoms with Gasteiger partial charge in [0.2, 0.25) is 5.91 Å². The Bertz CT molecular complexity index is 824. The summed E-state index contributed by atoms with van der Waals surface area (Å²) in [6.07, 6.45) is 6.42. The highest BCUT2D eigenvalue weighted by Crippen LogP contribution is 2.22. The molecule has 24 heavy (non-hydrogen) atoms. The van der Waals surface area contributed by atoms with Gasteiger partial charge < -0.3 is 9.73 Å². The van der Waals surface area contributed by atoms with Crippen molar-refractivity contribution in [1.82, 2.24) is 10.3 Å². The molecule has 0 aliphatic carbocycles. The first-order chi connectivity index (χ1) is 11.7. The molecule has 0 unspecified atom stereocenters. The zero-order chi connectivity index (χ0) is 16.8. The van der Waals surface area contributed by atoms with E-state index < -0.39 is 0 Å². The Kier molecular flexibility index (Phi) is 4.87. The van der Waals surface area contributed by atoms with E-state index in [1.165, 1.54) is 6.39 Å². The second-order valence-electron chi connectivity index (χ2n) is 5.47. The van der Waals surface area contributed by atoms with E-state index in [4.69, 9.17) is 4.42 Å². The summed E-state index contributed by atoms with van der Waals surface area (Å²) in [6.45, 7) is 1.95. The zero-order valence-corrected chi connectivity index (χ0v) is 13.3. The molecule has 0 fully saturated rings. The summed E-state index contributed by atoms with van der Waals surface area (Å²) in [5.74, 6) is 0.579. The average molecular weight is 318 g/mol. The maximum absolute atomic E-state index is 12.1. The Morgan fingerprint density at radius 2 is 2.00 bits per heavy atom. The zero-order valence-electron chi connectivity index (χ0n) is 13.3. The van der Waals surface area contributed by atoms with E-state index in [-0.39, 0.29) is 11.9 Å². The summed E-state index contributed by atoms with van der Waals surface area (Å²) in [4.78, 5) is 16.0. The van der Waals surface area contributed by atoms with Crippen LogP contribution >= 0.6 is 0 Å². The molecule has 4 nitrogen and oxygen atoms in total. The molecule has 0 bridgehead atoms. The molecule has 4 heteroatoms. The summed E-state index contributed by atoms with van der Waals surface area (Å²) in [5.41, 5.74) is 2.93. The lowest BCUT2D eigenvalue weighted by Crippen LogP contribution is -2.24. The summed E-state index contributed by atoms with van der Waals surface area (Å²) in [6, 6.07) is 17.5. The van der Waals surface area contributed by atoms with Crippen LogP contribution in [0.2, 0.25) is 0 Å². The molecule has 0 aliphatic heterocycles. The van der Waals surface area contributed by atoms with Gasteiger partial charge in [0.1, 0.15) is 0 Å². The van der Waals surface area contributed by atoms with Gasteiger partial charge >= 0.3 is 0 Å². The largest absolute Gasteiger partial charge is 0.444 e. The number of aromatic nitrogens is 1. The van der Waals surface area contributed by atoms with Crippen molar-refractivity contribution in [2.24, 2.45) is 0 Å². The third kappa shape index (κ3) is 3.98. The van der Waals surface area contributed by atoms with Crippen LogP contribution in [0.4, 0.5) is 0 Å². The molecule has 0 saturated carbocycles. The van der Waals surface area contributed by atoms with E-state index >= 15 is 0 Å². The fourth-order valence-electron chi connectivity index (χ4n) is 2.40. The van der Waals surface area contributed by atoms with Crippen molar-refractivity contribution >= 4 is 12.0 Å². The minimum atomic E-state index is -0.128. The van der Waals surface area contributed by atoms with E-state index in [0.29, 0.717) is 5.76 Å². The quantitative estimate of drug-likeness (QED) is 0.716. The van der Waals surface area contributed by atoms with Crippen LogP contribution in [-0.2, 0) is 4.79 Å². The van der Waals surface area contributed by atoms with Crippen molar-refractivity contribution in [3.63, 3.8) is 0 Å². The Balaban J connectivity index is 1.66. The van der Waals surface area contributed by atoms with Gasteiger partial charge in [0.25, 0.3) is 0 Å². The minimum absolute atomic E-state index is 0.110. The second-order valence-corrected chi connectivity index (χ2v) is 5.47. The standard InChI is InChI=1S/C20H18N2O2/c1-15(22-20(23)11-10-16-6-3-2-4-7-16)17-8-5-9-18(12-17)19-13-21-14-24-19/h2-15H,1H3,(H,22,23)/b11-10+/t15-/m0/s1. The molecule has 0 aliphatic rings. The van der Waals surface area contributed by atoms with E-state index in [2.05, 4.69) is 10.3 Å². The SMILES string of the molecule is C[C@H](NC(=O)/C=C/c1ccccc1)c1cccc(-c2cnco2)c1. The highest BCUT2D eigenvalue weighted by molar-refractivity contribution is 5.92. The van der Waals surface area contributed by atoms with Crippen molar-refractivity contribution in [2.75, 3.05) is 0 Å². The van der Waals surface area contributed by atoms with Crippen LogP contribution in [0, 0.1) is 0 Å². The smallest absolute Gasteiger partial charge is 0.244 e. The molecular weight excluding hydrogens is 300 g/mol. The van der Waals surface area contributed by atoms with Gasteiger partial charge in [0.05, 0.1) is 12.2 Å². The molecule has 0 saturated heterocycles. The van der Waals surface area contributed by atoms with Crippen LogP contribution in [0.3, 0.4) is 0 Å². The topological polar surface area (TPSA) is 55.1 Å². The molecule has 1 aromatic heterocycles. The number of amides is 1. The highest BCUT2D eigenvalue weighted by Gasteiger charge is 2.09. The monoisotopic (exact) mass is 318 g/mol. The molecule has 1 atom stereocenters. The number of carbonyl (C=O) groups is 1. The molecule has 1 heterocycles. The highest BCUT2D eigenvalue weighted by atomic mass is 16.3. The van der Waals surface area contributed by atoms with Crippen LogP contribution in [0.15, 0.2) is 77.7 Å². The molecule has 0 spiro atoms. The normalized spacial score (nSPS) is 12.2. The van der Waals surface area contributed by atoms with Crippen molar-refractivity contribution in [1.29, 1.82) is 0 Å².